The fourth-order valence-corrected chi connectivity index (χ4v) is 6.48. The predicted octanol–water partition coefficient (Wildman–Crippen LogP) is 4.78. The molecule has 1 amide bonds. The van der Waals surface area contributed by atoms with Gasteiger partial charge in [-0.1, -0.05) is 36.4 Å². The number of hydrogen-bond acceptors (Lipinski definition) is 4. The molecule has 2 fully saturated rings. The highest BCUT2D eigenvalue weighted by Crippen LogP contribution is 2.43. The first-order valence-corrected chi connectivity index (χ1v) is 11.6. The Balaban J connectivity index is 1.38. The van der Waals surface area contributed by atoms with Gasteiger partial charge in [0.15, 0.2) is 0 Å². The molecule has 1 N–H and O–H groups in total. The Morgan fingerprint density at radius 2 is 2.21 bits per heavy atom. The minimum atomic E-state index is 0.302. The van der Waals surface area contributed by atoms with Crippen LogP contribution in [-0.2, 0) is 16.0 Å². The maximum Gasteiger partial charge on any atom is 0.222 e. The van der Waals surface area contributed by atoms with Crippen molar-refractivity contribution in [2.75, 3.05) is 19.7 Å². The molecule has 3 atom stereocenters. The minimum Gasteiger partial charge on any atom is -0.479 e. The van der Waals surface area contributed by atoms with E-state index in [-0.39, 0.29) is 0 Å². The fourth-order valence-electron chi connectivity index (χ4n) is 4.79. The number of H-pyrrole nitrogens is 1. The number of thiocarbonyl (C=S) groups is 1. The number of para-hydroxylation sites is 1. The van der Waals surface area contributed by atoms with E-state index in [4.69, 9.17) is 17.0 Å². The van der Waals surface area contributed by atoms with Crippen LogP contribution in [0.25, 0.3) is 10.9 Å². The highest BCUT2D eigenvalue weighted by Gasteiger charge is 2.41. The Kier molecular flexibility index (Phi) is 6.26. The monoisotopic (exact) mass is 416 g/mol. The normalized spacial score (nSPS) is 25.0. The molecule has 1 aromatic carbocycles. The first-order valence-electron chi connectivity index (χ1n) is 10.3. The number of carbonyl (C=O) groups is 1. The number of nitrogens with zero attached hydrogens (tertiary/aromatic N) is 1. The molecule has 1 saturated carbocycles. The van der Waals surface area contributed by atoms with Crippen LogP contribution in [-0.4, -0.2) is 45.1 Å². The molecule has 28 heavy (non-hydrogen) atoms. The van der Waals surface area contributed by atoms with Gasteiger partial charge in [-0.05, 0) is 61.9 Å². The minimum absolute atomic E-state index is 0.302. The third kappa shape index (κ3) is 4.23. The Morgan fingerprint density at radius 3 is 3.07 bits per heavy atom. The summed E-state index contributed by atoms with van der Waals surface area (Å²) in [5, 5.41) is 1.70. The van der Waals surface area contributed by atoms with Gasteiger partial charge in [-0.3, -0.25) is 4.79 Å². The quantitative estimate of drug-likeness (QED) is 0.713. The van der Waals surface area contributed by atoms with Crippen LogP contribution in [0.3, 0.4) is 0 Å². The number of aromatic nitrogens is 1. The zero-order valence-corrected chi connectivity index (χ0v) is 18.0. The van der Waals surface area contributed by atoms with Crippen molar-refractivity contribution in [1.29, 1.82) is 0 Å². The number of nitrogens with one attached hydrogen (secondary N) is 1. The van der Waals surface area contributed by atoms with Crippen molar-refractivity contribution >= 4 is 45.2 Å². The van der Waals surface area contributed by atoms with E-state index >= 15 is 0 Å². The summed E-state index contributed by atoms with van der Waals surface area (Å²) >= 11 is 7.03. The molecule has 2 aliphatic rings. The number of amides is 1. The van der Waals surface area contributed by atoms with E-state index in [0.717, 1.165) is 25.9 Å². The summed E-state index contributed by atoms with van der Waals surface area (Å²) in [5.41, 5.74) is 2.46. The van der Waals surface area contributed by atoms with Gasteiger partial charge < -0.3 is 14.6 Å². The third-order valence-electron chi connectivity index (χ3n) is 6.20. The molecule has 1 aromatic heterocycles. The van der Waals surface area contributed by atoms with Gasteiger partial charge >= 0.3 is 0 Å². The molecule has 2 aromatic rings. The molecule has 1 saturated heterocycles. The zero-order chi connectivity index (χ0) is 19.5. The van der Waals surface area contributed by atoms with Gasteiger partial charge in [0.05, 0.1) is 6.61 Å². The number of likely N-dealkylation sites (tertiary alicyclic amines) is 1. The molecule has 150 valence electrons. The molecule has 0 spiro atoms. The molecule has 0 bridgehead atoms. The molecule has 1 aliphatic carbocycles. The first kappa shape index (κ1) is 19.8. The number of thioether (sulfide) groups is 1. The Bertz CT molecular complexity index is 850. The largest absolute Gasteiger partial charge is 0.479 e. The topological polar surface area (TPSA) is 45.3 Å². The maximum atomic E-state index is 12.9. The van der Waals surface area contributed by atoms with Gasteiger partial charge in [0, 0.05) is 41.9 Å². The van der Waals surface area contributed by atoms with Crippen LogP contribution in [0.1, 0.15) is 38.2 Å². The van der Waals surface area contributed by atoms with E-state index in [0.29, 0.717) is 40.4 Å². The van der Waals surface area contributed by atoms with Gasteiger partial charge in [-0.15, -0.1) is 0 Å². The lowest BCUT2D eigenvalue weighted by atomic mass is 9.74. The van der Waals surface area contributed by atoms with E-state index in [2.05, 4.69) is 34.3 Å². The number of carbonyl (C=O) groups excluding carboxylic acids is 1. The lowest BCUT2D eigenvalue weighted by molar-refractivity contribution is -0.137. The maximum absolute atomic E-state index is 12.9. The number of fused-ring (bicyclic) bond motifs is 2. The van der Waals surface area contributed by atoms with Crippen LogP contribution >= 0.6 is 24.0 Å². The summed E-state index contributed by atoms with van der Waals surface area (Å²) < 4.78 is 6.12. The second-order valence-electron chi connectivity index (χ2n) is 7.85. The van der Waals surface area contributed by atoms with Gasteiger partial charge in [0.25, 0.3) is 0 Å². The Labute approximate surface area is 176 Å². The van der Waals surface area contributed by atoms with E-state index < -0.39 is 0 Å². The van der Waals surface area contributed by atoms with E-state index in [1.165, 1.54) is 29.3 Å². The van der Waals surface area contributed by atoms with Crippen LogP contribution in [0.5, 0.6) is 0 Å². The summed E-state index contributed by atoms with van der Waals surface area (Å²) in [6.45, 7) is 4.28. The summed E-state index contributed by atoms with van der Waals surface area (Å²) in [6, 6.07) is 8.37. The molecule has 6 heteroatoms. The smallest absolute Gasteiger partial charge is 0.222 e. The lowest BCUT2D eigenvalue weighted by Crippen LogP contribution is -2.49. The molecular formula is C22H28N2O2S2. The molecule has 0 radical (unpaired) electrons. The van der Waals surface area contributed by atoms with Crippen LogP contribution in [0.15, 0.2) is 30.5 Å². The molecular weight excluding hydrogens is 388 g/mol. The Hall–Kier alpha value is -1.53. The van der Waals surface area contributed by atoms with Gasteiger partial charge in [-0.25, -0.2) is 0 Å². The number of hydrogen-bond donors (Lipinski definition) is 1. The average molecular weight is 417 g/mol. The molecule has 0 unspecified atom stereocenters. The number of aromatic amines is 1. The second kappa shape index (κ2) is 8.87. The van der Waals surface area contributed by atoms with Crippen LogP contribution in [0.2, 0.25) is 0 Å². The van der Waals surface area contributed by atoms with Gasteiger partial charge in [0.1, 0.15) is 0 Å². The van der Waals surface area contributed by atoms with Crippen LogP contribution in [0.4, 0.5) is 0 Å². The summed E-state index contributed by atoms with van der Waals surface area (Å²) in [7, 11) is 0. The van der Waals surface area contributed by atoms with Crippen molar-refractivity contribution in [1.82, 2.24) is 9.88 Å². The third-order valence-corrected chi connectivity index (χ3v) is 7.81. The van der Waals surface area contributed by atoms with E-state index in [1.807, 2.05) is 13.0 Å². The van der Waals surface area contributed by atoms with Crippen molar-refractivity contribution in [2.24, 2.45) is 11.8 Å². The predicted molar refractivity (Wildman–Crippen MR) is 120 cm³/mol. The highest BCUT2D eigenvalue weighted by molar-refractivity contribution is 8.23. The summed E-state index contributed by atoms with van der Waals surface area (Å²) in [5.74, 6) is 1.33. The summed E-state index contributed by atoms with van der Waals surface area (Å²) in [4.78, 5) is 18.3. The molecule has 1 aliphatic heterocycles. The zero-order valence-electron chi connectivity index (χ0n) is 16.4. The number of benzene rings is 1. The molecule has 2 heterocycles. The number of rotatable bonds is 5. The van der Waals surface area contributed by atoms with Crippen molar-refractivity contribution in [2.45, 2.75) is 44.3 Å². The van der Waals surface area contributed by atoms with Crippen LogP contribution < -0.4 is 0 Å². The van der Waals surface area contributed by atoms with Crippen LogP contribution in [0, 0.1) is 11.8 Å². The molecule has 4 rings (SSSR count). The van der Waals surface area contributed by atoms with Gasteiger partial charge in [-0.2, -0.15) is 0 Å². The van der Waals surface area contributed by atoms with Crippen molar-refractivity contribution in [3.05, 3.63) is 36.0 Å². The fraction of sp³-hybridized carbons (Fsp3) is 0.545. The van der Waals surface area contributed by atoms with Crippen molar-refractivity contribution in [3.63, 3.8) is 0 Å². The van der Waals surface area contributed by atoms with Crippen molar-refractivity contribution < 1.29 is 9.53 Å². The Morgan fingerprint density at radius 1 is 1.36 bits per heavy atom. The SMILES string of the molecule is CCOC(=S)S[C@@H]1CCC[C@@H]2CN(CCc3c[nH]c4ccccc34)C(=O)C[C@@H]21. The first-order chi connectivity index (χ1) is 13.7. The van der Waals surface area contributed by atoms with Crippen molar-refractivity contribution in [3.8, 4) is 0 Å². The second-order valence-corrected chi connectivity index (χ2v) is 9.69. The van der Waals surface area contributed by atoms with Gasteiger partial charge in [0.2, 0.25) is 10.3 Å². The standard InChI is InChI=1S/C22H28N2O2S2/c1-2-26-22(27)28-20-9-5-6-16-14-24(21(25)12-18(16)20)11-10-15-13-23-19-8-4-3-7-17(15)19/h3-4,7-8,13,16,18,20,23H,2,5-6,9-12,14H2,1H3/t16-,18+,20-/m1/s1. The molecule has 4 nitrogen and oxygen atoms in total. The number of piperidine rings is 1. The van der Waals surface area contributed by atoms with E-state index in [1.54, 1.807) is 11.8 Å². The summed E-state index contributed by atoms with van der Waals surface area (Å²) in [6.07, 6.45) is 7.23. The highest BCUT2D eigenvalue weighted by atomic mass is 32.2. The van der Waals surface area contributed by atoms with E-state index in [9.17, 15) is 4.79 Å². The average Bonchev–Trinajstić information content (AvgIpc) is 3.10. The lowest BCUT2D eigenvalue weighted by Gasteiger charge is -2.44. The number of ether oxygens (including phenoxy) is 1.